The van der Waals surface area contributed by atoms with Crippen LogP contribution in [0.1, 0.15) is 43.6 Å². The molecule has 3 heterocycles. The molecule has 1 aliphatic heterocycles. The average molecular weight is 362 g/mol. The summed E-state index contributed by atoms with van der Waals surface area (Å²) in [5, 5.41) is 0. The number of aromatic nitrogens is 3. The Morgan fingerprint density at radius 2 is 2.04 bits per heavy atom. The lowest BCUT2D eigenvalue weighted by atomic mass is 10.1. The summed E-state index contributed by atoms with van der Waals surface area (Å²) in [6.45, 7) is 3.71. The Labute approximate surface area is 160 Å². The van der Waals surface area contributed by atoms with E-state index < -0.39 is 0 Å². The van der Waals surface area contributed by atoms with Crippen LogP contribution in [0.25, 0.3) is 11.2 Å². The van der Waals surface area contributed by atoms with E-state index in [1.807, 2.05) is 29.3 Å². The summed E-state index contributed by atoms with van der Waals surface area (Å²) in [6.07, 6.45) is 6.14. The molecule has 0 radical (unpaired) electrons. The van der Waals surface area contributed by atoms with Crippen molar-refractivity contribution in [1.29, 1.82) is 0 Å². The first-order valence-electron chi connectivity index (χ1n) is 9.89. The fourth-order valence-corrected chi connectivity index (χ4v) is 4.04. The maximum atomic E-state index is 12.7. The molecule has 1 aromatic carbocycles. The van der Waals surface area contributed by atoms with Crippen molar-refractivity contribution >= 4 is 17.1 Å². The van der Waals surface area contributed by atoms with Crippen LogP contribution in [0.4, 0.5) is 0 Å². The molecule has 140 valence electrons. The Balaban J connectivity index is 1.39. The van der Waals surface area contributed by atoms with E-state index in [1.54, 1.807) is 0 Å². The first kappa shape index (κ1) is 17.7. The standard InChI is InChI=1S/C22H26N4O/c1-2-20-24-19-11-7-14-23-22(19)26(20)18-13-15-25(16-18)21(27)12-6-10-17-8-4-3-5-9-17/h3-5,7-9,11,14,18H,2,6,10,12-13,15-16H2,1H3. The van der Waals surface area contributed by atoms with Crippen molar-refractivity contribution in [1.82, 2.24) is 19.4 Å². The van der Waals surface area contributed by atoms with Gasteiger partial charge >= 0.3 is 0 Å². The monoisotopic (exact) mass is 362 g/mol. The van der Waals surface area contributed by atoms with Gasteiger partial charge in [0.2, 0.25) is 5.91 Å². The summed E-state index contributed by atoms with van der Waals surface area (Å²) in [7, 11) is 0. The van der Waals surface area contributed by atoms with Crippen LogP contribution in [0.2, 0.25) is 0 Å². The molecule has 1 amide bonds. The van der Waals surface area contributed by atoms with Gasteiger partial charge in [-0.1, -0.05) is 37.3 Å². The number of benzene rings is 1. The summed E-state index contributed by atoms with van der Waals surface area (Å²) < 4.78 is 2.26. The Morgan fingerprint density at radius 3 is 2.85 bits per heavy atom. The van der Waals surface area contributed by atoms with Gasteiger partial charge in [-0.15, -0.1) is 0 Å². The molecule has 1 atom stereocenters. The van der Waals surface area contributed by atoms with Crippen molar-refractivity contribution in [2.45, 2.75) is 45.1 Å². The molecule has 1 saturated heterocycles. The van der Waals surface area contributed by atoms with E-state index in [-0.39, 0.29) is 11.9 Å². The minimum atomic E-state index is 0.267. The molecule has 1 fully saturated rings. The number of fused-ring (bicyclic) bond motifs is 1. The minimum absolute atomic E-state index is 0.267. The highest BCUT2D eigenvalue weighted by molar-refractivity contribution is 5.76. The smallest absolute Gasteiger partial charge is 0.222 e. The fourth-order valence-electron chi connectivity index (χ4n) is 4.04. The quantitative estimate of drug-likeness (QED) is 0.670. The molecule has 5 heteroatoms. The average Bonchev–Trinajstić information content (AvgIpc) is 3.33. The molecular formula is C22H26N4O. The Bertz CT molecular complexity index is 918. The number of pyridine rings is 1. The lowest BCUT2D eigenvalue weighted by Gasteiger charge is -2.18. The second-order valence-electron chi connectivity index (χ2n) is 7.22. The van der Waals surface area contributed by atoms with Crippen LogP contribution < -0.4 is 0 Å². The van der Waals surface area contributed by atoms with Crippen LogP contribution in [-0.4, -0.2) is 38.4 Å². The zero-order chi connectivity index (χ0) is 18.6. The van der Waals surface area contributed by atoms with Crippen LogP contribution in [0, 0.1) is 0 Å². The maximum Gasteiger partial charge on any atom is 0.222 e. The molecule has 4 rings (SSSR count). The number of nitrogens with zero attached hydrogens (tertiary/aromatic N) is 4. The van der Waals surface area contributed by atoms with Crippen molar-refractivity contribution in [2.75, 3.05) is 13.1 Å². The van der Waals surface area contributed by atoms with E-state index in [0.29, 0.717) is 6.42 Å². The molecule has 0 spiro atoms. The predicted octanol–water partition coefficient (Wildman–Crippen LogP) is 3.79. The van der Waals surface area contributed by atoms with E-state index in [2.05, 4.69) is 40.7 Å². The fraction of sp³-hybridized carbons (Fsp3) is 0.409. The highest BCUT2D eigenvalue weighted by atomic mass is 16.2. The molecule has 1 unspecified atom stereocenters. The van der Waals surface area contributed by atoms with Gasteiger partial charge in [-0.3, -0.25) is 4.79 Å². The number of carbonyl (C=O) groups excluding carboxylic acids is 1. The predicted molar refractivity (Wildman–Crippen MR) is 107 cm³/mol. The first-order chi connectivity index (χ1) is 13.3. The Hall–Kier alpha value is -2.69. The van der Waals surface area contributed by atoms with Crippen molar-refractivity contribution < 1.29 is 4.79 Å². The van der Waals surface area contributed by atoms with Gasteiger partial charge in [-0.05, 0) is 37.0 Å². The van der Waals surface area contributed by atoms with Crippen LogP contribution in [0.5, 0.6) is 0 Å². The Morgan fingerprint density at radius 1 is 1.19 bits per heavy atom. The zero-order valence-electron chi connectivity index (χ0n) is 15.8. The number of carbonyl (C=O) groups is 1. The highest BCUT2D eigenvalue weighted by Gasteiger charge is 2.29. The van der Waals surface area contributed by atoms with Crippen molar-refractivity contribution in [3.63, 3.8) is 0 Å². The molecule has 0 bridgehead atoms. The number of rotatable bonds is 6. The van der Waals surface area contributed by atoms with Gasteiger partial charge in [0.05, 0.1) is 6.04 Å². The molecule has 1 aliphatic rings. The molecule has 0 aliphatic carbocycles. The third-order valence-electron chi connectivity index (χ3n) is 5.42. The highest BCUT2D eigenvalue weighted by Crippen LogP contribution is 2.28. The second-order valence-corrected chi connectivity index (χ2v) is 7.22. The third-order valence-corrected chi connectivity index (χ3v) is 5.42. The molecule has 0 saturated carbocycles. The third kappa shape index (κ3) is 3.72. The van der Waals surface area contributed by atoms with Gasteiger partial charge < -0.3 is 9.47 Å². The summed E-state index contributed by atoms with van der Waals surface area (Å²) in [6, 6.07) is 14.6. The van der Waals surface area contributed by atoms with Gasteiger partial charge in [0.1, 0.15) is 11.3 Å². The molecule has 0 N–H and O–H groups in total. The summed E-state index contributed by atoms with van der Waals surface area (Å²) in [5.74, 6) is 1.33. The number of aryl methyl sites for hydroxylation is 2. The lowest BCUT2D eigenvalue weighted by Crippen LogP contribution is -2.29. The normalized spacial score (nSPS) is 16.9. The summed E-state index contributed by atoms with van der Waals surface area (Å²) in [4.78, 5) is 23.9. The van der Waals surface area contributed by atoms with Gasteiger partial charge in [-0.25, -0.2) is 9.97 Å². The number of hydrogen-bond acceptors (Lipinski definition) is 3. The van der Waals surface area contributed by atoms with Crippen molar-refractivity contribution in [2.24, 2.45) is 0 Å². The number of imidazole rings is 1. The number of likely N-dealkylation sites (tertiary alicyclic amines) is 1. The summed E-state index contributed by atoms with van der Waals surface area (Å²) in [5.41, 5.74) is 3.19. The van der Waals surface area contributed by atoms with Crippen LogP contribution in [0.15, 0.2) is 48.7 Å². The van der Waals surface area contributed by atoms with E-state index in [0.717, 1.165) is 55.8 Å². The van der Waals surface area contributed by atoms with Crippen LogP contribution >= 0.6 is 0 Å². The molecule has 5 nitrogen and oxygen atoms in total. The van der Waals surface area contributed by atoms with Crippen molar-refractivity contribution in [3.05, 3.63) is 60.0 Å². The number of amides is 1. The van der Waals surface area contributed by atoms with Crippen LogP contribution in [0.3, 0.4) is 0 Å². The SMILES string of the molecule is CCc1nc2cccnc2n1C1CCN(C(=O)CCCc2ccccc2)C1. The Kier molecular flexibility index (Phi) is 5.19. The van der Waals surface area contributed by atoms with Gasteiger partial charge in [0, 0.05) is 32.1 Å². The topological polar surface area (TPSA) is 51.0 Å². The van der Waals surface area contributed by atoms with Gasteiger partial charge in [0.25, 0.3) is 0 Å². The zero-order valence-corrected chi connectivity index (χ0v) is 15.8. The lowest BCUT2D eigenvalue weighted by molar-refractivity contribution is -0.130. The van der Waals surface area contributed by atoms with E-state index in [4.69, 9.17) is 4.98 Å². The molecule has 3 aromatic rings. The maximum absolute atomic E-state index is 12.7. The first-order valence-corrected chi connectivity index (χ1v) is 9.89. The van der Waals surface area contributed by atoms with E-state index >= 15 is 0 Å². The summed E-state index contributed by atoms with van der Waals surface area (Å²) >= 11 is 0. The van der Waals surface area contributed by atoms with E-state index in [1.165, 1.54) is 5.56 Å². The minimum Gasteiger partial charge on any atom is -0.341 e. The van der Waals surface area contributed by atoms with Crippen molar-refractivity contribution in [3.8, 4) is 0 Å². The van der Waals surface area contributed by atoms with E-state index in [9.17, 15) is 4.79 Å². The van der Waals surface area contributed by atoms with Gasteiger partial charge in [-0.2, -0.15) is 0 Å². The molecule has 27 heavy (non-hydrogen) atoms. The second kappa shape index (κ2) is 7.91. The number of hydrogen-bond donors (Lipinski definition) is 0. The van der Waals surface area contributed by atoms with Crippen LogP contribution in [-0.2, 0) is 17.6 Å². The van der Waals surface area contributed by atoms with Gasteiger partial charge in [0.15, 0.2) is 5.65 Å². The molecule has 2 aromatic heterocycles. The largest absolute Gasteiger partial charge is 0.341 e. The molecular weight excluding hydrogens is 336 g/mol.